The Morgan fingerprint density at radius 2 is 1.67 bits per heavy atom. The standard InChI is InChI=1S/C40H50FN5O5/c1-23(2)45(24(3)4)37(48)31-20-27(41)9-12-33(31)44-22-32(30-13-16-42-21-34(30)44)36(47)26-14-17-43(18-15-26)38(49)35-29-11-10-28(19-25(29)5)46(35)39(50)51-40(6,7)8/h9,12-13,16,20-24,26,28-29,35H,5,10-11,14-15,17-19H2,1-4,6-8H3/t28-,29+,35+/m0/s1. The topological polar surface area (TPSA) is 105 Å². The van der Waals surface area contributed by atoms with Crippen LogP contribution in [0.15, 0.2) is 55.0 Å². The minimum Gasteiger partial charge on any atom is -0.444 e. The fourth-order valence-corrected chi connectivity index (χ4v) is 8.37. The molecule has 0 N–H and O–H groups in total. The van der Waals surface area contributed by atoms with Gasteiger partial charge in [0.05, 0.1) is 23.0 Å². The molecule has 3 aliphatic heterocycles. The maximum atomic E-state index is 14.7. The van der Waals surface area contributed by atoms with Crippen LogP contribution in [0.4, 0.5) is 9.18 Å². The highest BCUT2D eigenvalue weighted by molar-refractivity contribution is 6.10. The Hall–Kier alpha value is -4.54. The van der Waals surface area contributed by atoms with Crippen LogP contribution < -0.4 is 0 Å². The summed E-state index contributed by atoms with van der Waals surface area (Å²) in [7, 11) is 0. The van der Waals surface area contributed by atoms with Crippen molar-refractivity contribution >= 4 is 34.6 Å². The number of ketones is 1. The Morgan fingerprint density at radius 1 is 0.980 bits per heavy atom. The van der Waals surface area contributed by atoms with Crippen LogP contribution in [-0.2, 0) is 9.53 Å². The molecule has 4 aliphatic rings. The van der Waals surface area contributed by atoms with Crippen LogP contribution in [0.2, 0.25) is 0 Å². The quantitative estimate of drug-likeness (QED) is 0.191. The molecule has 2 aromatic heterocycles. The average Bonchev–Trinajstić information content (AvgIpc) is 3.46. The summed E-state index contributed by atoms with van der Waals surface area (Å²) in [4.78, 5) is 65.2. The summed E-state index contributed by atoms with van der Waals surface area (Å²) in [5, 5.41) is 0.686. The molecule has 3 amide bonds. The number of likely N-dealkylation sites (tertiary alicyclic amines) is 1. The molecule has 272 valence electrons. The molecule has 3 saturated heterocycles. The summed E-state index contributed by atoms with van der Waals surface area (Å²) in [5.74, 6) is -1.46. The second-order valence-electron chi connectivity index (χ2n) is 15.9. The number of amides is 3. The van der Waals surface area contributed by atoms with Crippen molar-refractivity contribution in [1.29, 1.82) is 0 Å². The summed E-state index contributed by atoms with van der Waals surface area (Å²) in [6.45, 7) is 18.2. The number of aromatic nitrogens is 2. The van der Waals surface area contributed by atoms with E-state index in [2.05, 4.69) is 11.6 Å². The molecule has 1 saturated carbocycles. The Labute approximate surface area is 299 Å². The highest BCUT2D eigenvalue weighted by atomic mass is 19.1. The van der Waals surface area contributed by atoms with E-state index in [1.165, 1.54) is 12.1 Å². The monoisotopic (exact) mass is 699 g/mol. The highest BCUT2D eigenvalue weighted by Crippen LogP contribution is 2.44. The van der Waals surface area contributed by atoms with Gasteiger partial charge >= 0.3 is 6.09 Å². The minimum absolute atomic E-state index is 0.0569. The number of carbonyl (C=O) groups excluding carboxylic acids is 4. The van der Waals surface area contributed by atoms with Crippen LogP contribution in [0.25, 0.3) is 16.6 Å². The number of fused-ring (bicyclic) bond motifs is 4. The van der Waals surface area contributed by atoms with E-state index in [9.17, 15) is 23.6 Å². The first-order valence-corrected chi connectivity index (χ1v) is 18.2. The van der Waals surface area contributed by atoms with Crippen LogP contribution in [0.5, 0.6) is 0 Å². The predicted octanol–water partition coefficient (Wildman–Crippen LogP) is 7.19. The molecule has 0 spiro atoms. The molecule has 3 aromatic rings. The third-order valence-corrected chi connectivity index (χ3v) is 10.6. The van der Waals surface area contributed by atoms with Crippen molar-refractivity contribution in [2.24, 2.45) is 11.8 Å². The first-order valence-electron chi connectivity index (χ1n) is 18.2. The summed E-state index contributed by atoms with van der Waals surface area (Å²) < 4.78 is 22.2. The van der Waals surface area contributed by atoms with E-state index in [1.54, 1.807) is 50.0 Å². The average molecular weight is 700 g/mol. The van der Waals surface area contributed by atoms with Crippen LogP contribution >= 0.6 is 0 Å². The number of hydrogen-bond donors (Lipinski definition) is 0. The van der Waals surface area contributed by atoms with Gasteiger partial charge in [-0.05, 0) is 105 Å². The fourth-order valence-electron chi connectivity index (χ4n) is 8.37. The van der Waals surface area contributed by atoms with E-state index in [-0.39, 0.29) is 53.1 Å². The molecule has 1 aliphatic carbocycles. The Kier molecular flexibility index (Phi) is 9.87. The number of pyridine rings is 1. The SMILES string of the molecule is C=C1C[C@@H]2CC[C@H]1[C@H](C(=O)N1CCC(C(=O)c3cn(-c4ccc(F)cc4C(=O)N(C(C)C)C(C)C)c4cnccc34)CC1)N2C(=O)OC(C)(C)C. The summed E-state index contributed by atoms with van der Waals surface area (Å²) >= 11 is 0. The van der Waals surface area contributed by atoms with Gasteiger partial charge in [-0.2, -0.15) is 0 Å². The number of carbonyl (C=O) groups is 4. The third-order valence-electron chi connectivity index (χ3n) is 10.6. The van der Waals surface area contributed by atoms with Crippen molar-refractivity contribution in [3.8, 4) is 5.69 Å². The van der Waals surface area contributed by atoms with Crippen molar-refractivity contribution in [3.05, 3.63) is 72.0 Å². The Balaban J connectivity index is 1.25. The summed E-state index contributed by atoms with van der Waals surface area (Å²) in [5.41, 5.74) is 2.09. The molecule has 0 radical (unpaired) electrons. The fraction of sp³-hybridized carbons (Fsp3) is 0.525. The number of nitrogens with zero attached hydrogens (tertiary/aromatic N) is 5. The highest BCUT2D eigenvalue weighted by Gasteiger charge is 2.51. The minimum atomic E-state index is -0.688. The molecule has 0 unspecified atom stereocenters. The number of ether oxygens (including phenoxy) is 1. The van der Waals surface area contributed by atoms with Crippen molar-refractivity contribution in [2.75, 3.05) is 13.1 Å². The van der Waals surface area contributed by atoms with Gasteiger partial charge in [-0.25, -0.2) is 9.18 Å². The molecule has 4 fully saturated rings. The van der Waals surface area contributed by atoms with Crippen LogP contribution in [0.3, 0.4) is 0 Å². The molecular weight excluding hydrogens is 649 g/mol. The number of piperidine rings is 3. The van der Waals surface area contributed by atoms with E-state index in [0.29, 0.717) is 54.5 Å². The third kappa shape index (κ3) is 6.91. The lowest BCUT2D eigenvalue weighted by Gasteiger charge is -2.52. The predicted molar refractivity (Wildman–Crippen MR) is 193 cm³/mol. The van der Waals surface area contributed by atoms with E-state index in [0.717, 1.165) is 18.4 Å². The smallest absolute Gasteiger partial charge is 0.411 e. The molecule has 11 heteroatoms. The molecule has 3 atom stereocenters. The van der Waals surface area contributed by atoms with Gasteiger partial charge in [0.1, 0.15) is 17.5 Å². The van der Waals surface area contributed by atoms with Crippen LogP contribution in [-0.4, -0.2) is 90.8 Å². The zero-order valence-electron chi connectivity index (χ0n) is 30.8. The van der Waals surface area contributed by atoms with E-state index in [4.69, 9.17) is 4.74 Å². The molecule has 5 heterocycles. The van der Waals surface area contributed by atoms with Gasteiger partial charge in [0.15, 0.2) is 5.78 Å². The molecule has 1 aromatic carbocycles. The van der Waals surface area contributed by atoms with Crippen molar-refractivity contribution in [1.82, 2.24) is 24.3 Å². The molecule has 7 rings (SSSR count). The van der Waals surface area contributed by atoms with E-state index in [1.807, 2.05) is 48.5 Å². The van der Waals surface area contributed by atoms with Crippen molar-refractivity contribution in [3.63, 3.8) is 0 Å². The second kappa shape index (κ2) is 13.9. The van der Waals surface area contributed by atoms with Gasteiger partial charge in [0, 0.05) is 66.4 Å². The molecular formula is C40H50FN5O5. The summed E-state index contributed by atoms with van der Waals surface area (Å²) in [6.07, 6.45) is 7.77. The van der Waals surface area contributed by atoms with Gasteiger partial charge in [-0.1, -0.05) is 12.2 Å². The van der Waals surface area contributed by atoms with Crippen LogP contribution in [0, 0.1) is 17.7 Å². The van der Waals surface area contributed by atoms with Gasteiger partial charge in [-0.15, -0.1) is 0 Å². The van der Waals surface area contributed by atoms with Gasteiger partial charge in [-0.3, -0.25) is 24.3 Å². The number of Topliss-reactive ketones (excluding diaryl/α,β-unsaturated/α-hetero) is 1. The largest absolute Gasteiger partial charge is 0.444 e. The first-order chi connectivity index (χ1) is 24.1. The first kappa shape index (κ1) is 36.3. The van der Waals surface area contributed by atoms with E-state index < -0.39 is 23.6 Å². The summed E-state index contributed by atoms with van der Waals surface area (Å²) in [6, 6.07) is 4.92. The number of halogens is 1. The number of rotatable bonds is 7. The van der Waals surface area contributed by atoms with Crippen LogP contribution in [0.1, 0.15) is 101 Å². The normalized spacial score (nSPS) is 21.1. The van der Waals surface area contributed by atoms with Gasteiger partial charge in [0.25, 0.3) is 5.91 Å². The Morgan fingerprint density at radius 3 is 2.29 bits per heavy atom. The molecule has 51 heavy (non-hydrogen) atoms. The maximum absolute atomic E-state index is 14.7. The van der Waals surface area contributed by atoms with Gasteiger partial charge in [0.2, 0.25) is 5.91 Å². The van der Waals surface area contributed by atoms with Crippen molar-refractivity contribution in [2.45, 2.75) is 110 Å². The lowest BCUT2D eigenvalue weighted by atomic mass is 9.71. The van der Waals surface area contributed by atoms with Gasteiger partial charge < -0.3 is 19.1 Å². The lowest BCUT2D eigenvalue weighted by Crippen LogP contribution is -2.64. The lowest BCUT2D eigenvalue weighted by molar-refractivity contribution is -0.144. The van der Waals surface area contributed by atoms with Crippen molar-refractivity contribution < 1.29 is 28.3 Å². The van der Waals surface area contributed by atoms with E-state index >= 15 is 0 Å². The maximum Gasteiger partial charge on any atom is 0.411 e. The molecule has 10 nitrogen and oxygen atoms in total. The zero-order chi connectivity index (χ0) is 36.9. The Bertz CT molecular complexity index is 1860. The number of benzene rings is 1. The molecule has 2 bridgehead atoms. The second-order valence-corrected chi connectivity index (χ2v) is 15.9. The number of hydrogen-bond acceptors (Lipinski definition) is 6. The zero-order valence-corrected chi connectivity index (χ0v) is 30.8.